The SMILES string of the molecule is Cc1csc(N(C)C(=O)CC#N)n1. The molecular weight excluding hydrogens is 186 g/mol. The summed E-state index contributed by atoms with van der Waals surface area (Å²) >= 11 is 1.40. The molecule has 0 unspecified atom stereocenters. The third kappa shape index (κ3) is 2.26. The highest BCUT2D eigenvalue weighted by Crippen LogP contribution is 2.18. The van der Waals surface area contributed by atoms with Crippen molar-refractivity contribution in [2.45, 2.75) is 13.3 Å². The first-order valence-corrected chi connectivity index (χ1v) is 4.58. The molecule has 0 saturated carbocycles. The summed E-state index contributed by atoms with van der Waals surface area (Å²) < 4.78 is 0. The van der Waals surface area contributed by atoms with Gasteiger partial charge in [-0.25, -0.2) is 4.98 Å². The Bertz CT molecular complexity index is 353. The van der Waals surface area contributed by atoms with E-state index in [1.165, 1.54) is 16.2 Å². The van der Waals surface area contributed by atoms with E-state index in [1.807, 2.05) is 18.4 Å². The predicted molar refractivity (Wildman–Crippen MR) is 50.5 cm³/mol. The first-order valence-electron chi connectivity index (χ1n) is 3.70. The summed E-state index contributed by atoms with van der Waals surface area (Å²) in [5, 5.41) is 10.8. The van der Waals surface area contributed by atoms with E-state index in [0.717, 1.165) is 5.69 Å². The van der Waals surface area contributed by atoms with Crippen LogP contribution in [0.5, 0.6) is 0 Å². The van der Waals surface area contributed by atoms with Gasteiger partial charge in [0.15, 0.2) is 5.13 Å². The molecule has 1 rings (SSSR count). The Labute approximate surface area is 80.4 Å². The first kappa shape index (κ1) is 9.68. The molecule has 0 aromatic carbocycles. The van der Waals surface area contributed by atoms with Crippen molar-refractivity contribution >= 4 is 22.4 Å². The number of thiazole rings is 1. The van der Waals surface area contributed by atoms with Crippen molar-refractivity contribution in [1.82, 2.24) is 4.98 Å². The Morgan fingerprint density at radius 2 is 2.54 bits per heavy atom. The van der Waals surface area contributed by atoms with E-state index in [9.17, 15) is 4.79 Å². The Kier molecular flexibility index (Phi) is 2.98. The average Bonchev–Trinajstić information content (AvgIpc) is 2.51. The van der Waals surface area contributed by atoms with Crippen molar-refractivity contribution < 1.29 is 4.79 Å². The zero-order valence-corrected chi connectivity index (χ0v) is 8.26. The van der Waals surface area contributed by atoms with Crippen molar-refractivity contribution in [2.75, 3.05) is 11.9 Å². The van der Waals surface area contributed by atoms with Gasteiger partial charge in [0.1, 0.15) is 6.42 Å². The minimum absolute atomic E-state index is 0.102. The second-order valence-corrected chi connectivity index (χ2v) is 3.40. The van der Waals surface area contributed by atoms with Crippen molar-refractivity contribution in [1.29, 1.82) is 5.26 Å². The van der Waals surface area contributed by atoms with E-state index in [2.05, 4.69) is 4.98 Å². The van der Waals surface area contributed by atoms with E-state index in [4.69, 9.17) is 5.26 Å². The van der Waals surface area contributed by atoms with Gasteiger partial charge in [-0.2, -0.15) is 5.26 Å². The van der Waals surface area contributed by atoms with Crippen LogP contribution in [0.1, 0.15) is 12.1 Å². The lowest BCUT2D eigenvalue weighted by atomic mass is 10.4. The molecule has 0 aliphatic carbocycles. The van der Waals surface area contributed by atoms with Gasteiger partial charge in [0.25, 0.3) is 0 Å². The Morgan fingerprint density at radius 1 is 1.85 bits per heavy atom. The maximum Gasteiger partial charge on any atom is 0.242 e. The number of carbonyl (C=O) groups excluding carboxylic acids is 1. The summed E-state index contributed by atoms with van der Waals surface area (Å²) in [6.07, 6.45) is -0.102. The molecule has 0 aliphatic rings. The highest BCUT2D eigenvalue weighted by molar-refractivity contribution is 7.14. The normalized spacial score (nSPS) is 9.31. The van der Waals surface area contributed by atoms with Crippen molar-refractivity contribution in [3.8, 4) is 6.07 Å². The maximum atomic E-state index is 11.2. The number of hydrogen-bond donors (Lipinski definition) is 0. The molecule has 1 heterocycles. The molecule has 4 nitrogen and oxygen atoms in total. The molecule has 0 aliphatic heterocycles. The van der Waals surface area contributed by atoms with Crippen LogP contribution in [0.4, 0.5) is 5.13 Å². The number of nitriles is 1. The van der Waals surface area contributed by atoms with E-state index < -0.39 is 0 Å². The van der Waals surface area contributed by atoms with Crippen LogP contribution in [0.25, 0.3) is 0 Å². The van der Waals surface area contributed by atoms with Crippen LogP contribution in [0.2, 0.25) is 0 Å². The Balaban J connectivity index is 2.74. The van der Waals surface area contributed by atoms with Gasteiger partial charge < -0.3 is 0 Å². The van der Waals surface area contributed by atoms with Crippen LogP contribution in [0.15, 0.2) is 5.38 Å². The molecule has 1 amide bonds. The van der Waals surface area contributed by atoms with Gasteiger partial charge in [-0.15, -0.1) is 11.3 Å². The third-order valence-electron chi connectivity index (χ3n) is 1.50. The lowest BCUT2D eigenvalue weighted by molar-refractivity contribution is -0.117. The van der Waals surface area contributed by atoms with E-state index in [0.29, 0.717) is 5.13 Å². The minimum atomic E-state index is -0.225. The van der Waals surface area contributed by atoms with Crippen LogP contribution < -0.4 is 4.90 Å². The van der Waals surface area contributed by atoms with Crippen molar-refractivity contribution in [2.24, 2.45) is 0 Å². The summed E-state index contributed by atoms with van der Waals surface area (Å²) in [5.41, 5.74) is 0.886. The molecule has 5 heteroatoms. The Morgan fingerprint density at radius 3 is 3.00 bits per heavy atom. The predicted octanol–water partition coefficient (Wildman–Crippen LogP) is 1.33. The molecule has 0 saturated heterocycles. The highest BCUT2D eigenvalue weighted by Gasteiger charge is 2.12. The average molecular weight is 195 g/mol. The number of nitrogens with zero attached hydrogens (tertiary/aromatic N) is 3. The Hall–Kier alpha value is -1.41. The number of amides is 1. The van der Waals surface area contributed by atoms with Gasteiger partial charge >= 0.3 is 0 Å². The fourth-order valence-corrected chi connectivity index (χ4v) is 1.57. The highest BCUT2D eigenvalue weighted by atomic mass is 32.1. The first-order chi connectivity index (χ1) is 6.15. The molecule has 0 bridgehead atoms. The summed E-state index contributed by atoms with van der Waals surface area (Å²) in [7, 11) is 1.62. The zero-order valence-electron chi connectivity index (χ0n) is 7.44. The number of hydrogen-bond acceptors (Lipinski definition) is 4. The summed E-state index contributed by atoms with van der Waals surface area (Å²) in [4.78, 5) is 16.8. The van der Waals surface area contributed by atoms with Gasteiger partial charge in [0, 0.05) is 12.4 Å². The minimum Gasteiger partial charge on any atom is -0.290 e. The lowest BCUT2D eigenvalue weighted by Gasteiger charge is -2.10. The number of rotatable bonds is 2. The number of anilines is 1. The van der Waals surface area contributed by atoms with Crippen molar-refractivity contribution in [3.63, 3.8) is 0 Å². The van der Waals surface area contributed by atoms with E-state index >= 15 is 0 Å². The second kappa shape index (κ2) is 4.01. The molecule has 0 atom stereocenters. The quantitative estimate of drug-likeness (QED) is 0.715. The summed E-state index contributed by atoms with van der Waals surface area (Å²) in [5.74, 6) is -0.225. The molecule has 0 radical (unpaired) electrons. The van der Waals surface area contributed by atoms with Crippen LogP contribution in [0.3, 0.4) is 0 Å². The topological polar surface area (TPSA) is 57.0 Å². The van der Waals surface area contributed by atoms with Crippen LogP contribution in [0, 0.1) is 18.3 Å². The van der Waals surface area contributed by atoms with Gasteiger partial charge in [-0.1, -0.05) is 0 Å². The van der Waals surface area contributed by atoms with E-state index in [1.54, 1.807) is 7.05 Å². The molecular formula is C8H9N3OS. The van der Waals surface area contributed by atoms with E-state index in [-0.39, 0.29) is 12.3 Å². The molecule has 68 valence electrons. The van der Waals surface area contributed by atoms with Gasteiger partial charge in [0.2, 0.25) is 5.91 Å². The second-order valence-electron chi connectivity index (χ2n) is 2.56. The maximum absolute atomic E-state index is 11.2. The number of aryl methyl sites for hydroxylation is 1. The standard InChI is InChI=1S/C8H9N3OS/c1-6-5-13-8(10-6)11(2)7(12)3-4-9/h5H,3H2,1-2H3. The molecule has 1 aromatic heterocycles. The number of carbonyl (C=O) groups is 1. The van der Waals surface area contributed by atoms with Gasteiger partial charge in [0.05, 0.1) is 11.8 Å². The molecule has 0 N–H and O–H groups in total. The fourth-order valence-electron chi connectivity index (χ4n) is 0.788. The summed E-state index contributed by atoms with van der Waals surface area (Å²) in [6.45, 7) is 1.86. The molecule has 0 spiro atoms. The van der Waals surface area contributed by atoms with Crippen molar-refractivity contribution in [3.05, 3.63) is 11.1 Å². The molecule has 0 fully saturated rings. The zero-order chi connectivity index (χ0) is 9.84. The van der Waals surface area contributed by atoms with Gasteiger partial charge in [-0.3, -0.25) is 9.69 Å². The molecule has 13 heavy (non-hydrogen) atoms. The monoisotopic (exact) mass is 195 g/mol. The summed E-state index contributed by atoms with van der Waals surface area (Å²) in [6, 6.07) is 1.81. The van der Waals surface area contributed by atoms with Crippen LogP contribution in [-0.2, 0) is 4.79 Å². The largest absolute Gasteiger partial charge is 0.290 e. The van der Waals surface area contributed by atoms with Gasteiger partial charge in [-0.05, 0) is 6.92 Å². The smallest absolute Gasteiger partial charge is 0.242 e. The van der Waals surface area contributed by atoms with Crippen LogP contribution >= 0.6 is 11.3 Å². The lowest BCUT2D eigenvalue weighted by Crippen LogP contribution is -2.25. The molecule has 1 aromatic rings. The third-order valence-corrected chi connectivity index (χ3v) is 2.53. The number of aromatic nitrogens is 1. The van der Waals surface area contributed by atoms with Crippen LogP contribution in [-0.4, -0.2) is 17.9 Å². The fraction of sp³-hybridized carbons (Fsp3) is 0.375.